The number of carbonyl (C=O) groups excluding carboxylic acids is 1. The molecule has 0 aromatic carbocycles. The lowest BCUT2D eigenvalue weighted by atomic mass is 9.90. The van der Waals surface area contributed by atoms with E-state index in [1.807, 2.05) is 12.1 Å². The first-order valence-corrected chi connectivity index (χ1v) is 7.27. The summed E-state index contributed by atoms with van der Waals surface area (Å²) in [5.41, 5.74) is 1.79. The summed E-state index contributed by atoms with van der Waals surface area (Å²) in [5.74, 6) is 0.617. The van der Waals surface area contributed by atoms with Gasteiger partial charge in [-0.3, -0.25) is 4.79 Å². The van der Waals surface area contributed by atoms with E-state index in [1.54, 1.807) is 0 Å². The van der Waals surface area contributed by atoms with Gasteiger partial charge in [0, 0.05) is 11.7 Å². The third-order valence-corrected chi connectivity index (χ3v) is 4.20. The number of aryl methyl sites for hydroxylation is 1. The van der Waals surface area contributed by atoms with Gasteiger partial charge in [0.15, 0.2) is 0 Å². The quantitative estimate of drug-likeness (QED) is 0.873. The molecule has 1 amide bonds. The predicted molar refractivity (Wildman–Crippen MR) is 77.3 cm³/mol. The van der Waals surface area contributed by atoms with Crippen LogP contribution in [0, 0.1) is 5.92 Å². The fourth-order valence-corrected chi connectivity index (χ4v) is 2.71. The van der Waals surface area contributed by atoms with Crippen molar-refractivity contribution in [2.45, 2.75) is 39.2 Å². The van der Waals surface area contributed by atoms with Crippen molar-refractivity contribution in [2.24, 2.45) is 5.92 Å². The van der Waals surface area contributed by atoms with Gasteiger partial charge in [-0.25, -0.2) is 0 Å². The topological polar surface area (TPSA) is 48.1 Å². The Morgan fingerprint density at radius 1 is 1.47 bits per heavy atom. The molecule has 1 aromatic rings. The fraction of sp³-hybridized carbons (Fsp3) is 0.667. The molecule has 19 heavy (non-hydrogen) atoms. The average Bonchev–Trinajstić information content (AvgIpc) is 2.88. The zero-order valence-corrected chi connectivity index (χ0v) is 12.2. The molecule has 0 bridgehead atoms. The Hall–Kier alpha value is -1.29. The van der Waals surface area contributed by atoms with Crippen molar-refractivity contribution in [3.05, 3.63) is 23.5 Å². The van der Waals surface area contributed by atoms with Gasteiger partial charge in [-0.15, -0.1) is 0 Å². The van der Waals surface area contributed by atoms with Crippen LogP contribution in [0.25, 0.3) is 0 Å². The Morgan fingerprint density at radius 2 is 2.16 bits per heavy atom. The summed E-state index contributed by atoms with van der Waals surface area (Å²) in [7, 11) is 2.16. The number of hydrogen-bond acceptors (Lipinski definition) is 2. The van der Waals surface area contributed by atoms with Gasteiger partial charge in [0.05, 0.1) is 0 Å². The van der Waals surface area contributed by atoms with Crippen LogP contribution in [0.1, 0.15) is 42.9 Å². The molecule has 1 aliphatic rings. The van der Waals surface area contributed by atoms with Crippen LogP contribution < -0.4 is 5.32 Å². The third-order valence-electron chi connectivity index (χ3n) is 4.20. The molecule has 0 saturated carbocycles. The first-order chi connectivity index (χ1) is 9.10. The Morgan fingerprint density at radius 3 is 2.74 bits per heavy atom. The number of rotatable bonds is 4. The second-order valence-electron chi connectivity index (χ2n) is 5.65. The molecule has 4 heteroatoms. The summed E-state index contributed by atoms with van der Waals surface area (Å²) >= 11 is 0. The number of hydrogen-bond donors (Lipinski definition) is 2. The molecule has 1 fully saturated rings. The molecule has 2 N–H and O–H groups in total. The van der Waals surface area contributed by atoms with Gasteiger partial charge in [0.25, 0.3) is 5.91 Å². The molecule has 2 rings (SSSR count). The highest BCUT2D eigenvalue weighted by Crippen LogP contribution is 2.19. The van der Waals surface area contributed by atoms with Crippen LogP contribution in [0.15, 0.2) is 12.1 Å². The van der Waals surface area contributed by atoms with Crippen molar-refractivity contribution < 1.29 is 4.79 Å². The Bertz CT molecular complexity index is 419. The molecule has 1 atom stereocenters. The summed E-state index contributed by atoms with van der Waals surface area (Å²) in [4.78, 5) is 17.6. The number of piperidine rings is 1. The van der Waals surface area contributed by atoms with Crippen LogP contribution in [0.3, 0.4) is 0 Å². The largest absolute Gasteiger partial charge is 0.354 e. The summed E-state index contributed by atoms with van der Waals surface area (Å²) in [5, 5.41) is 3.13. The molecule has 1 aliphatic heterocycles. The normalized spacial score (nSPS) is 19.3. The number of carbonyl (C=O) groups is 1. The number of likely N-dealkylation sites (tertiary alicyclic amines) is 1. The predicted octanol–water partition coefficient (Wildman–Crippen LogP) is 2.04. The minimum absolute atomic E-state index is 0.0196. The van der Waals surface area contributed by atoms with E-state index in [-0.39, 0.29) is 11.9 Å². The fourth-order valence-electron chi connectivity index (χ4n) is 2.71. The maximum absolute atomic E-state index is 12.1. The van der Waals surface area contributed by atoms with Crippen molar-refractivity contribution in [2.75, 3.05) is 20.1 Å². The molecule has 0 aliphatic carbocycles. The number of H-pyrrole nitrogens is 1. The number of amides is 1. The SMILES string of the molecule is CCc1ccc(C(=O)N[C@H](C)C2CCN(C)CC2)[nH]1. The van der Waals surface area contributed by atoms with Crippen LogP contribution >= 0.6 is 0 Å². The molecule has 4 nitrogen and oxygen atoms in total. The molecule has 1 aromatic heterocycles. The first kappa shape index (κ1) is 14.1. The average molecular weight is 263 g/mol. The number of nitrogens with one attached hydrogen (secondary N) is 2. The third kappa shape index (κ3) is 3.60. The maximum Gasteiger partial charge on any atom is 0.267 e. The summed E-state index contributed by atoms with van der Waals surface area (Å²) in [6.07, 6.45) is 3.27. The van der Waals surface area contributed by atoms with Gasteiger partial charge in [-0.2, -0.15) is 0 Å². The van der Waals surface area contributed by atoms with E-state index in [1.165, 1.54) is 12.8 Å². The second-order valence-corrected chi connectivity index (χ2v) is 5.65. The Kier molecular flexibility index (Phi) is 4.64. The molecule has 106 valence electrons. The van der Waals surface area contributed by atoms with Gasteiger partial charge >= 0.3 is 0 Å². The lowest BCUT2D eigenvalue weighted by molar-refractivity contribution is 0.0905. The highest BCUT2D eigenvalue weighted by Gasteiger charge is 2.23. The first-order valence-electron chi connectivity index (χ1n) is 7.27. The van der Waals surface area contributed by atoms with Crippen LogP contribution in [-0.4, -0.2) is 42.0 Å². The molecular weight excluding hydrogens is 238 g/mol. The molecular formula is C15H25N3O. The zero-order valence-electron chi connectivity index (χ0n) is 12.2. The van der Waals surface area contributed by atoms with Crippen LogP contribution in [0.5, 0.6) is 0 Å². The van der Waals surface area contributed by atoms with E-state index in [2.05, 4.69) is 36.1 Å². The van der Waals surface area contributed by atoms with E-state index in [9.17, 15) is 4.79 Å². The minimum atomic E-state index is 0.0196. The Labute approximate surface area is 115 Å². The van der Waals surface area contributed by atoms with Crippen LogP contribution in [0.4, 0.5) is 0 Å². The lowest BCUT2D eigenvalue weighted by Crippen LogP contribution is -2.43. The van der Waals surface area contributed by atoms with E-state index in [0.29, 0.717) is 11.6 Å². The summed E-state index contributed by atoms with van der Waals surface area (Å²) in [6, 6.07) is 4.10. The van der Waals surface area contributed by atoms with E-state index in [4.69, 9.17) is 0 Å². The van der Waals surface area contributed by atoms with Crippen molar-refractivity contribution in [1.29, 1.82) is 0 Å². The van der Waals surface area contributed by atoms with E-state index >= 15 is 0 Å². The maximum atomic E-state index is 12.1. The van der Waals surface area contributed by atoms with Crippen LogP contribution in [-0.2, 0) is 6.42 Å². The summed E-state index contributed by atoms with van der Waals surface area (Å²) < 4.78 is 0. The van der Waals surface area contributed by atoms with Crippen molar-refractivity contribution >= 4 is 5.91 Å². The number of aromatic nitrogens is 1. The van der Waals surface area contributed by atoms with Crippen LogP contribution in [0.2, 0.25) is 0 Å². The summed E-state index contributed by atoms with van der Waals surface area (Å²) in [6.45, 7) is 6.47. The molecule has 0 unspecified atom stereocenters. The molecule has 1 saturated heterocycles. The van der Waals surface area contributed by atoms with Gasteiger partial charge in [0.2, 0.25) is 0 Å². The molecule has 0 radical (unpaired) electrons. The van der Waals surface area contributed by atoms with Gasteiger partial charge in [-0.05, 0) is 64.4 Å². The number of aromatic amines is 1. The van der Waals surface area contributed by atoms with Gasteiger partial charge < -0.3 is 15.2 Å². The van der Waals surface area contributed by atoms with E-state index in [0.717, 1.165) is 25.2 Å². The van der Waals surface area contributed by atoms with Gasteiger partial charge in [0.1, 0.15) is 5.69 Å². The van der Waals surface area contributed by atoms with Crippen molar-refractivity contribution in [1.82, 2.24) is 15.2 Å². The highest BCUT2D eigenvalue weighted by atomic mass is 16.1. The highest BCUT2D eigenvalue weighted by molar-refractivity contribution is 5.92. The number of nitrogens with zero attached hydrogens (tertiary/aromatic N) is 1. The monoisotopic (exact) mass is 263 g/mol. The minimum Gasteiger partial charge on any atom is -0.354 e. The standard InChI is InChI=1S/C15H25N3O/c1-4-13-5-6-14(17-13)15(19)16-11(2)12-7-9-18(3)10-8-12/h5-6,11-12,17H,4,7-10H2,1-3H3,(H,16,19)/t11-/m1/s1. The zero-order chi connectivity index (χ0) is 13.8. The van der Waals surface area contributed by atoms with Crippen molar-refractivity contribution in [3.63, 3.8) is 0 Å². The Balaban J connectivity index is 1.87. The second kappa shape index (κ2) is 6.24. The smallest absolute Gasteiger partial charge is 0.267 e. The van der Waals surface area contributed by atoms with E-state index < -0.39 is 0 Å². The van der Waals surface area contributed by atoms with Gasteiger partial charge in [-0.1, -0.05) is 6.92 Å². The lowest BCUT2D eigenvalue weighted by Gasteiger charge is -2.32. The molecule has 0 spiro atoms. The molecule has 2 heterocycles. The van der Waals surface area contributed by atoms with Crippen molar-refractivity contribution in [3.8, 4) is 0 Å².